The van der Waals surface area contributed by atoms with Crippen molar-refractivity contribution in [2.45, 2.75) is 51.6 Å². The molecule has 22 heavy (non-hydrogen) atoms. The van der Waals surface area contributed by atoms with Crippen molar-refractivity contribution in [3.8, 4) is 0 Å². The lowest BCUT2D eigenvalue weighted by Gasteiger charge is -2.38. The van der Waals surface area contributed by atoms with Crippen LogP contribution in [0.3, 0.4) is 0 Å². The van der Waals surface area contributed by atoms with Crippen molar-refractivity contribution in [2.75, 3.05) is 26.7 Å². The van der Waals surface area contributed by atoms with Gasteiger partial charge in [0.2, 0.25) is 0 Å². The third-order valence-corrected chi connectivity index (χ3v) is 5.19. The molecule has 2 heterocycles. The molecule has 0 saturated carbocycles. The Hall–Kier alpha value is -1.12. The molecule has 1 saturated heterocycles. The third-order valence-electron chi connectivity index (χ3n) is 5.19. The second-order valence-corrected chi connectivity index (χ2v) is 7.85. The van der Waals surface area contributed by atoms with Crippen molar-refractivity contribution in [1.29, 1.82) is 0 Å². The molecule has 0 spiro atoms. The summed E-state index contributed by atoms with van der Waals surface area (Å²) in [4.78, 5) is 5.09. The van der Waals surface area contributed by atoms with E-state index in [2.05, 4.69) is 68.0 Å². The van der Waals surface area contributed by atoms with Crippen LogP contribution in [0.15, 0.2) is 30.3 Å². The number of benzene rings is 1. The lowest BCUT2D eigenvalue weighted by Crippen LogP contribution is -2.40. The molecule has 120 valence electrons. The minimum atomic E-state index is 0.245. The maximum atomic E-state index is 2.70. The Morgan fingerprint density at radius 3 is 2.55 bits per heavy atom. The lowest BCUT2D eigenvalue weighted by molar-refractivity contribution is 0.121. The van der Waals surface area contributed by atoms with Crippen molar-refractivity contribution in [3.63, 3.8) is 0 Å². The van der Waals surface area contributed by atoms with Crippen LogP contribution >= 0.6 is 0 Å². The summed E-state index contributed by atoms with van der Waals surface area (Å²) in [5.74, 6) is 0. The van der Waals surface area contributed by atoms with Crippen LogP contribution in [0, 0.1) is 0 Å². The Morgan fingerprint density at radius 2 is 1.86 bits per heavy atom. The molecular weight excluding hydrogens is 268 g/mol. The van der Waals surface area contributed by atoms with Crippen LogP contribution in [0.25, 0.3) is 5.57 Å². The van der Waals surface area contributed by atoms with Crippen LogP contribution < -0.4 is 0 Å². The van der Waals surface area contributed by atoms with Crippen molar-refractivity contribution >= 4 is 5.57 Å². The fraction of sp³-hybridized carbons (Fsp3) is 0.600. The minimum Gasteiger partial charge on any atom is -0.302 e. The van der Waals surface area contributed by atoms with Crippen LogP contribution in [-0.4, -0.2) is 42.0 Å². The maximum Gasteiger partial charge on any atom is 0.0359 e. The summed E-state index contributed by atoms with van der Waals surface area (Å²) in [6, 6.07) is 9.70. The molecule has 3 rings (SSSR count). The second kappa shape index (κ2) is 6.17. The number of nitrogens with zero attached hydrogens (tertiary/aromatic N) is 2. The van der Waals surface area contributed by atoms with E-state index >= 15 is 0 Å². The van der Waals surface area contributed by atoms with Gasteiger partial charge in [-0.25, -0.2) is 0 Å². The van der Waals surface area contributed by atoms with E-state index in [1.54, 1.807) is 11.1 Å². The summed E-state index contributed by atoms with van der Waals surface area (Å²) >= 11 is 0. The largest absolute Gasteiger partial charge is 0.302 e. The van der Waals surface area contributed by atoms with Crippen molar-refractivity contribution in [3.05, 3.63) is 41.5 Å². The summed E-state index contributed by atoms with van der Waals surface area (Å²) in [5.41, 5.74) is 4.84. The summed E-state index contributed by atoms with van der Waals surface area (Å²) in [5, 5.41) is 0. The van der Waals surface area contributed by atoms with E-state index in [4.69, 9.17) is 0 Å². The second-order valence-electron chi connectivity index (χ2n) is 7.85. The van der Waals surface area contributed by atoms with Crippen LogP contribution in [0.1, 0.15) is 57.2 Å². The predicted octanol–water partition coefficient (Wildman–Crippen LogP) is 4.34. The quantitative estimate of drug-likeness (QED) is 0.801. The van der Waals surface area contributed by atoms with E-state index in [1.165, 1.54) is 37.9 Å². The van der Waals surface area contributed by atoms with E-state index in [1.807, 2.05) is 0 Å². The van der Waals surface area contributed by atoms with E-state index in [9.17, 15) is 0 Å². The molecule has 0 radical (unpaired) electrons. The van der Waals surface area contributed by atoms with Crippen LogP contribution in [0.2, 0.25) is 0 Å². The molecule has 0 aromatic heterocycles. The van der Waals surface area contributed by atoms with Crippen molar-refractivity contribution in [1.82, 2.24) is 9.80 Å². The van der Waals surface area contributed by atoms with Gasteiger partial charge in [0.25, 0.3) is 0 Å². The molecule has 0 aliphatic carbocycles. The van der Waals surface area contributed by atoms with E-state index in [-0.39, 0.29) is 5.54 Å². The highest BCUT2D eigenvalue weighted by molar-refractivity contribution is 5.69. The molecule has 1 aromatic carbocycles. The zero-order chi connectivity index (χ0) is 15.7. The van der Waals surface area contributed by atoms with Crippen LogP contribution in [0.4, 0.5) is 0 Å². The molecule has 1 unspecified atom stereocenters. The molecule has 2 aliphatic rings. The Labute approximate surface area is 135 Å². The highest BCUT2D eigenvalue weighted by Crippen LogP contribution is 2.40. The Bertz CT molecular complexity index is 553. The van der Waals surface area contributed by atoms with Gasteiger partial charge in [0, 0.05) is 24.7 Å². The molecule has 0 N–H and O–H groups in total. The number of rotatable bonds is 2. The number of likely N-dealkylation sites (N-methyl/N-ethyl adjacent to an activating group) is 1. The average Bonchev–Trinajstić information content (AvgIpc) is 2.97. The number of hydrogen-bond acceptors (Lipinski definition) is 2. The fourth-order valence-electron chi connectivity index (χ4n) is 3.99. The highest BCUT2D eigenvalue weighted by atomic mass is 15.2. The molecule has 0 amide bonds. The van der Waals surface area contributed by atoms with E-state index in [0.29, 0.717) is 6.04 Å². The first-order valence-corrected chi connectivity index (χ1v) is 8.70. The zero-order valence-electron chi connectivity index (χ0n) is 14.6. The van der Waals surface area contributed by atoms with Gasteiger partial charge < -0.3 is 4.90 Å². The maximum absolute atomic E-state index is 2.70. The van der Waals surface area contributed by atoms with Crippen LogP contribution in [-0.2, 0) is 0 Å². The number of hydrogen-bond donors (Lipinski definition) is 0. The molecular formula is C20H30N2. The summed E-state index contributed by atoms with van der Waals surface area (Å²) in [6.07, 6.45) is 6.22. The summed E-state index contributed by atoms with van der Waals surface area (Å²) < 4.78 is 0. The first-order chi connectivity index (χ1) is 10.5. The monoisotopic (exact) mass is 298 g/mol. The Kier molecular flexibility index (Phi) is 4.42. The van der Waals surface area contributed by atoms with E-state index in [0.717, 1.165) is 6.54 Å². The third kappa shape index (κ3) is 3.13. The lowest BCUT2D eigenvalue weighted by atomic mass is 9.89. The molecule has 2 heteroatoms. The van der Waals surface area contributed by atoms with Gasteiger partial charge >= 0.3 is 0 Å². The first-order valence-electron chi connectivity index (χ1n) is 8.70. The highest BCUT2D eigenvalue weighted by Gasteiger charge is 2.35. The minimum absolute atomic E-state index is 0.245. The normalized spacial score (nSPS) is 24.5. The predicted molar refractivity (Wildman–Crippen MR) is 95.0 cm³/mol. The molecule has 1 atom stereocenters. The summed E-state index contributed by atoms with van der Waals surface area (Å²) in [7, 11) is 2.21. The molecule has 2 nitrogen and oxygen atoms in total. The Morgan fingerprint density at radius 1 is 1.09 bits per heavy atom. The number of likely N-dealkylation sites (tertiary alicyclic amines) is 1. The van der Waals surface area contributed by atoms with Gasteiger partial charge in [-0.2, -0.15) is 0 Å². The van der Waals surface area contributed by atoms with Gasteiger partial charge in [0.1, 0.15) is 0 Å². The van der Waals surface area contributed by atoms with Gasteiger partial charge in [-0.15, -0.1) is 0 Å². The van der Waals surface area contributed by atoms with Gasteiger partial charge in [-0.3, -0.25) is 4.90 Å². The van der Waals surface area contributed by atoms with Gasteiger partial charge in [-0.1, -0.05) is 30.3 Å². The van der Waals surface area contributed by atoms with E-state index < -0.39 is 0 Å². The zero-order valence-corrected chi connectivity index (χ0v) is 14.6. The molecule has 0 bridgehead atoms. The standard InChI is InChI=1S/C20H30N2/c1-20(2,3)22-13-7-10-19(22)18-9-6-5-8-17(18)16-11-14-21(4)15-12-16/h5-6,8-9,11,19H,7,10,12-15H2,1-4H3. The van der Waals surface area contributed by atoms with Crippen molar-refractivity contribution in [2.24, 2.45) is 0 Å². The Balaban J connectivity index is 1.95. The van der Waals surface area contributed by atoms with Crippen molar-refractivity contribution < 1.29 is 0 Å². The molecule has 2 aliphatic heterocycles. The average molecular weight is 298 g/mol. The van der Waals surface area contributed by atoms with Gasteiger partial charge in [-0.05, 0) is 70.3 Å². The SMILES string of the molecule is CN1CC=C(c2ccccc2C2CCCN2C(C)(C)C)CC1. The van der Waals surface area contributed by atoms with Gasteiger partial charge in [0.05, 0.1) is 0 Å². The topological polar surface area (TPSA) is 6.48 Å². The molecule has 1 aromatic rings. The van der Waals surface area contributed by atoms with Crippen LogP contribution in [0.5, 0.6) is 0 Å². The first kappa shape index (κ1) is 15.8. The van der Waals surface area contributed by atoms with Gasteiger partial charge in [0.15, 0.2) is 0 Å². The fourth-order valence-corrected chi connectivity index (χ4v) is 3.99. The summed E-state index contributed by atoms with van der Waals surface area (Å²) in [6.45, 7) is 10.5. The smallest absolute Gasteiger partial charge is 0.0359 e. The molecule has 1 fully saturated rings.